The molecule has 2 N–H and O–H groups in total. The standard InChI is InChI=1S/2C20H30O3/c2*1-18(2)8-4-9-19(3)15(18)7-10-20(13-22)16(19)6-5-14(12-21)11-17(20)23/h2*5,12-13,15-17,23H,4,6-11H2,1-3H3/t2*15?,16-,17+,19+,20+/m11/s1. The van der Waals surface area contributed by atoms with Gasteiger partial charge in [-0.15, -0.1) is 0 Å². The second kappa shape index (κ2) is 12.5. The maximum absolute atomic E-state index is 12.2. The van der Waals surface area contributed by atoms with Gasteiger partial charge in [0, 0.05) is 12.8 Å². The van der Waals surface area contributed by atoms with Crippen LogP contribution in [0.2, 0.25) is 0 Å². The Hall–Kier alpha value is -1.92. The highest BCUT2D eigenvalue weighted by atomic mass is 16.3. The van der Waals surface area contributed by atoms with Crippen molar-refractivity contribution in [3.63, 3.8) is 0 Å². The van der Waals surface area contributed by atoms with Crippen LogP contribution in [-0.4, -0.2) is 47.6 Å². The number of aliphatic hydroxyl groups excluding tert-OH is 2. The SMILES string of the molecule is CC1(C)CCC[C@@]2(C)C1CC[C@@]1(C=O)[C@@H](O)CC(C=O)=CC[C@@H]12.CC1(C)CCC[C@@]2(C)C1CC[C@@]1(C=O)[C@@H](O)CC(C=O)=CC[C@@H]12. The number of aldehydes is 4. The predicted molar refractivity (Wildman–Crippen MR) is 180 cm³/mol. The molecule has 0 aromatic heterocycles. The summed E-state index contributed by atoms with van der Waals surface area (Å²) in [5.74, 6) is 1.44. The zero-order valence-corrected chi connectivity index (χ0v) is 29.4. The van der Waals surface area contributed by atoms with E-state index in [0.29, 0.717) is 35.8 Å². The lowest BCUT2D eigenvalue weighted by atomic mass is 9.42. The highest BCUT2D eigenvalue weighted by molar-refractivity contribution is 5.75. The van der Waals surface area contributed by atoms with Gasteiger partial charge in [0.25, 0.3) is 0 Å². The number of hydrogen-bond donors (Lipinski definition) is 2. The molecular formula is C40H60O6. The van der Waals surface area contributed by atoms with Crippen LogP contribution in [-0.2, 0) is 19.2 Å². The Morgan fingerprint density at radius 1 is 0.565 bits per heavy atom. The van der Waals surface area contributed by atoms with E-state index < -0.39 is 23.0 Å². The molecule has 0 spiro atoms. The van der Waals surface area contributed by atoms with Crippen LogP contribution < -0.4 is 0 Å². The van der Waals surface area contributed by atoms with Gasteiger partial charge >= 0.3 is 0 Å². The van der Waals surface area contributed by atoms with Crippen LogP contribution in [0.4, 0.5) is 0 Å². The summed E-state index contributed by atoms with van der Waals surface area (Å²) in [6.07, 6.45) is 19.0. The average molecular weight is 637 g/mol. The van der Waals surface area contributed by atoms with Crippen LogP contribution in [0.5, 0.6) is 0 Å². The van der Waals surface area contributed by atoms with Crippen LogP contribution in [0.1, 0.15) is 131 Å². The number of fused-ring (bicyclic) bond motifs is 6. The Kier molecular flexibility index (Phi) is 9.63. The van der Waals surface area contributed by atoms with Gasteiger partial charge in [-0.05, 0) is 121 Å². The van der Waals surface area contributed by atoms with Gasteiger partial charge in [0.15, 0.2) is 0 Å². The highest BCUT2D eigenvalue weighted by Crippen LogP contribution is 2.67. The highest BCUT2D eigenvalue weighted by Gasteiger charge is 2.63. The van der Waals surface area contributed by atoms with E-state index in [1.54, 1.807) is 0 Å². The summed E-state index contributed by atoms with van der Waals surface area (Å²) in [5.41, 5.74) is 0.659. The van der Waals surface area contributed by atoms with Crippen LogP contribution in [0.15, 0.2) is 23.3 Å². The van der Waals surface area contributed by atoms with Gasteiger partial charge in [0.2, 0.25) is 0 Å². The third-order valence-corrected chi connectivity index (χ3v) is 15.2. The number of carbonyl (C=O) groups excluding carboxylic acids is 4. The fourth-order valence-corrected chi connectivity index (χ4v) is 12.9. The van der Waals surface area contributed by atoms with Crippen molar-refractivity contribution in [1.29, 1.82) is 0 Å². The lowest BCUT2D eigenvalue weighted by Gasteiger charge is -2.62. The lowest BCUT2D eigenvalue weighted by Crippen LogP contribution is -2.59. The summed E-state index contributed by atoms with van der Waals surface area (Å²) >= 11 is 0. The van der Waals surface area contributed by atoms with E-state index in [1.165, 1.54) is 25.7 Å². The Morgan fingerprint density at radius 3 is 1.26 bits per heavy atom. The number of rotatable bonds is 4. The molecule has 6 heteroatoms. The molecule has 2 unspecified atom stereocenters. The molecule has 6 aliphatic rings. The van der Waals surface area contributed by atoms with Crippen LogP contribution >= 0.6 is 0 Å². The number of aliphatic hydroxyl groups is 2. The van der Waals surface area contributed by atoms with Gasteiger partial charge in [-0.3, -0.25) is 9.59 Å². The Balaban J connectivity index is 0.000000181. The Bertz CT molecular complexity index is 1170. The quantitative estimate of drug-likeness (QED) is 0.312. The van der Waals surface area contributed by atoms with Crippen molar-refractivity contribution in [3.05, 3.63) is 23.3 Å². The third kappa shape index (κ3) is 5.46. The summed E-state index contributed by atoms with van der Waals surface area (Å²) in [5, 5.41) is 21.7. The minimum atomic E-state index is -0.730. The minimum absolute atomic E-state index is 0.0662. The molecule has 6 rings (SSSR count). The summed E-state index contributed by atoms with van der Waals surface area (Å²) in [6.45, 7) is 14.1. The largest absolute Gasteiger partial charge is 0.392 e. The van der Waals surface area contributed by atoms with Gasteiger partial charge in [0.1, 0.15) is 25.1 Å². The van der Waals surface area contributed by atoms with Crippen LogP contribution in [0.25, 0.3) is 0 Å². The topological polar surface area (TPSA) is 109 Å². The Labute approximate surface area is 277 Å². The van der Waals surface area contributed by atoms with Crippen molar-refractivity contribution in [2.75, 3.05) is 0 Å². The molecule has 0 aromatic carbocycles. The van der Waals surface area contributed by atoms with Crippen LogP contribution in [0, 0.1) is 56.2 Å². The number of hydrogen-bond acceptors (Lipinski definition) is 6. The molecule has 0 aliphatic heterocycles. The molecule has 0 amide bonds. The van der Waals surface area contributed by atoms with Gasteiger partial charge in [-0.1, -0.05) is 66.5 Å². The van der Waals surface area contributed by atoms with Crippen molar-refractivity contribution in [1.82, 2.24) is 0 Å². The molecule has 6 aliphatic carbocycles. The zero-order chi connectivity index (χ0) is 33.8. The third-order valence-electron chi connectivity index (χ3n) is 15.2. The molecule has 10 atom stereocenters. The zero-order valence-electron chi connectivity index (χ0n) is 29.4. The monoisotopic (exact) mass is 636 g/mol. The lowest BCUT2D eigenvalue weighted by molar-refractivity contribution is -0.170. The summed E-state index contributed by atoms with van der Waals surface area (Å²) < 4.78 is 0. The van der Waals surface area contributed by atoms with E-state index in [1.807, 2.05) is 12.2 Å². The van der Waals surface area contributed by atoms with E-state index in [9.17, 15) is 29.4 Å². The maximum atomic E-state index is 12.2. The summed E-state index contributed by atoms with van der Waals surface area (Å²) in [6, 6.07) is 0. The van der Waals surface area contributed by atoms with Gasteiger partial charge in [0.05, 0.1) is 23.0 Å². The fraction of sp³-hybridized carbons (Fsp3) is 0.800. The van der Waals surface area contributed by atoms with Gasteiger partial charge in [-0.25, -0.2) is 0 Å². The average Bonchev–Trinajstić information content (AvgIpc) is 3.25. The van der Waals surface area contributed by atoms with Crippen molar-refractivity contribution in [2.45, 2.75) is 144 Å². The smallest absolute Gasteiger partial charge is 0.145 e. The van der Waals surface area contributed by atoms with Gasteiger partial charge < -0.3 is 19.8 Å². The van der Waals surface area contributed by atoms with E-state index in [4.69, 9.17) is 0 Å². The second-order valence-corrected chi connectivity index (χ2v) is 18.1. The Morgan fingerprint density at radius 2 is 0.935 bits per heavy atom. The molecule has 0 saturated heterocycles. The van der Waals surface area contributed by atoms with E-state index in [-0.39, 0.29) is 33.5 Å². The molecule has 256 valence electrons. The van der Waals surface area contributed by atoms with Crippen molar-refractivity contribution < 1.29 is 29.4 Å². The van der Waals surface area contributed by atoms with E-state index in [0.717, 1.165) is 76.5 Å². The second-order valence-electron chi connectivity index (χ2n) is 18.1. The maximum Gasteiger partial charge on any atom is 0.145 e. The normalized spacial score (nSPS) is 45.9. The first kappa shape index (κ1) is 35.4. The number of carbonyl (C=O) groups is 4. The van der Waals surface area contributed by atoms with Crippen LogP contribution in [0.3, 0.4) is 0 Å². The summed E-state index contributed by atoms with van der Waals surface area (Å²) in [7, 11) is 0. The molecule has 4 saturated carbocycles. The van der Waals surface area contributed by atoms with E-state index in [2.05, 4.69) is 41.5 Å². The molecular weight excluding hydrogens is 576 g/mol. The fourth-order valence-electron chi connectivity index (χ4n) is 12.9. The minimum Gasteiger partial charge on any atom is -0.392 e. The molecule has 6 nitrogen and oxygen atoms in total. The van der Waals surface area contributed by atoms with Crippen molar-refractivity contribution >= 4 is 25.1 Å². The molecule has 46 heavy (non-hydrogen) atoms. The summed E-state index contributed by atoms with van der Waals surface area (Å²) in [4.78, 5) is 46.9. The first-order valence-electron chi connectivity index (χ1n) is 18.2. The first-order valence-corrected chi connectivity index (χ1v) is 18.2. The molecule has 4 fully saturated rings. The van der Waals surface area contributed by atoms with Crippen molar-refractivity contribution in [2.24, 2.45) is 56.2 Å². The first-order chi connectivity index (χ1) is 21.6. The van der Waals surface area contributed by atoms with Gasteiger partial charge in [-0.2, -0.15) is 0 Å². The molecule has 0 radical (unpaired) electrons. The van der Waals surface area contributed by atoms with E-state index >= 15 is 0 Å². The van der Waals surface area contributed by atoms with Crippen molar-refractivity contribution in [3.8, 4) is 0 Å². The molecule has 0 aromatic rings. The number of allylic oxidation sites excluding steroid dienone is 2. The predicted octanol–water partition coefficient (Wildman–Crippen LogP) is 7.39. The molecule has 0 heterocycles. The molecule has 0 bridgehead atoms.